The summed E-state index contributed by atoms with van der Waals surface area (Å²) >= 11 is 0. The lowest BCUT2D eigenvalue weighted by molar-refractivity contribution is -0.142. The summed E-state index contributed by atoms with van der Waals surface area (Å²) in [6.07, 6.45) is 5.28. The average Bonchev–Trinajstić information content (AvgIpc) is 2.85. The molecule has 5 nitrogen and oxygen atoms in total. The summed E-state index contributed by atoms with van der Waals surface area (Å²) < 4.78 is 5.23. The molecule has 0 aliphatic heterocycles. The molecule has 5 heteroatoms. The first-order valence-electron chi connectivity index (χ1n) is 6.64. The van der Waals surface area contributed by atoms with Crippen molar-refractivity contribution in [1.82, 2.24) is 10.5 Å². The number of hydrogen-bond acceptors (Lipinski definition) is 4. The molecule has 1 aliphatic carbocycles. The molecular formula is C14H20N2O3. The van der Waals surface area contributed by atoms with Crippen molar-refractivity contribution in [2.45, 2.75) is 45.2 Å². The fourth-order valence-electron chi connectivity index (χ4n) is 2.23. The highest BCUT2D eigenvalue weighted by atomic mass is 16.5. The lowest BCUT2D eigenvalue weighted by atomic mass is 9.89. The second kappa shape index (κ2) is 6.02. The Kier molecular flexibility index (Phi) is 4.37. The van der Waals surface area contributed by atoms with Crippen LogP contribution in [-0.4, -0.2) is 22.3 Å². The third kappa shape index (κ3) is 3.44. The van der Waals surface area contributed by atoms with Crippen molar-refractivity contribution in [2.24, 2.45) is 5.92 Å². The van der Waals surface area contributed by atoms with E-state index in [0.717, 1.165) is 17.9 Å². The fourth-order valence-corrected chi connectivity index (χ4v) is 2.23. The highest BCUT2D eigenvalue weighted by Crippen LogP contribution is 2.20. The van der Waals surface area contributed by atoms with Crippen LogP contribution in [0.2, 0.25) is 0 Å². The van der Waals surface area contributed by atoms with Crippen LogP contribution in [0.1, 0.15) is 44.1 Å². The van der Waals surface area contributed by atoms with Gasteiger partial charge >= 0.3 is 5.97 Å². The van der Waals surface area contributed by atoms with E-state index in [1.165, 1.54) is 0 Å². The normalized spacial score (nSPS) is 22.9. The lowest BCUT2D eigenvalue weighted by Gasteiger charge is -2.25. The number of hydrogen-bond donors (Lipinski definition) is 2. The maximum Gasteiger partial charge on any atom is 0.308 e. The minimum atomic E-state index is -0.748. The predicted octanol–water partition coefficient (Wildman–Crippen LogP) is 2.31. The van der Waals surface area contributed by atoms with Crippen LogP contribution in [0.4, 0.5) is 0 Å². The van der Waals surface area contributed by atoms with Gasteiger partial charge in [0, 0.05) is 12.1 Å². The zero-order valence-electron chi connectivity index (χ0n) is 11.3. The van der Waals surface area contributed by atoms with Crippen molar-refractivity contribution in [2.75, 3.05) is 0 Å². The van der Waals surface area contributed by atoms with Gasteiger partial charge in [0.15, 0.2) is 5.76 Å². The maximum absolute atomic E-state index is 11.2. The van der Waals surface area contributed by atoms with Gasteiger partial charge in [-0.25, -0.2) is 0 Å². The molecule has 2 atom stereocenters. The van der Waals surface area contributed by atoms with E-state index in [0.29, 0.717) is 18.9 Å². The number of carboxylic acid groups (broad SMARTS) is 1. The second-order valence-corrected chi connectivity index (χ2v) is 5.25. The molecule has 104 valence electrons. The molecule has 0 spiro atoms. The van der Waals surface area contributed by atoms with Gasteiger partial charge in [-0.05, 0) is 18.8 Å². The molecule has 0 bridgehead atoms. The number of nitrogens with zero attached hydrogens (tertiary/aromatic N) is 1. The largest absolute Gasteiger partial charge is 0.481 e. The molecule has 2 N–H and O–H groups in total. The number of rotatable bonds is 5. The molecule has 19 heavy (non-hydrogen) atoms. The van der Waals surface area contributed by atoms with E-state index < -0.39 is 5.97 Å². The van der Waals surface area contributed by atoms with E-state index in [9.17, 15) is 9.90 Å². The third-order valence-corrected chi connectivity index (χ3v) is 3.46. The summed E-state index contributed by atoms with van der Waals surface area (Å²) in [4.78, 5) is 11.2. The Labute approximate surface area is 112 Å². The molecule has 1 heterocycles. The first-order valence-corrected chi connectivity index (χ1v) is 6.64. The number of carboxylic acids is 1. The zero-order chi connectivity index (χ0) is 13.8. The van der Waals surface area contributed by atoms with Gasteiger partial charge in [0.25, 0.3) is 0 Å². The van der Waals surface area contributed by atoms with Gasteiger partial charge in [0.05, 0.1) is 18.2 Å². The van der Waals surface area contributed by atoms with Gasteiger partial charge in [-0.2, -0.15) is 0 Å². The standard InChI is InChI=1S/C14H20N2O3/c1-9(2)13-7-10(19-16-13)8-15-12-6-4-3-5-11(12)14(17)18/h3-4,7,9,11-12,15H,5-6,8H2,1-2H3,(H,17,18)/t11-,12+/m0/s1. The van der Waals surface area contributed by atoms with Crippen molar-refractivity contribution in [3.8, 4) is 0 Å². The van der Waals surface area contributed by atoms with Crippen molar-refractivity contribution in [3.05, 3.63) is 29.7 Å². The van der Waals surface area contributed by atoms with Crippen LogP contribution in [0.3, 0.4) is 0 Å². The van der Waals surface area contributed by atoms with Crippen molar-refractivity contribution >= 4 is 5.97 Å². The molecule has 0 unspecified atom stereocenters. The lowest BCUT2D eigenvalue weighted by Crippen LogP contribution is -2.40. The number of aromatic nitrogens is 1. The van der Waals surface area contributed by atoms with Crippen LogP contribution in [0.25, 0.3) is 0 Å². The Morgan fingerprint density at radius 1 is 1.53 bits per heavy atom. The topological polar surface area (TPSA) is 75.4 Å². The Morgan fingerprint density at radius 2 is 2.26 bits per heavy atom. The quantitative estimate of drug-likeness (QED) is 0.798. The molecule has 0 saturated carbocycles. The summed E-state index contributed by atoms with van der Waals surface area (Å²) in [5, 5.41) is 16.4. The predicted molar refractivity (Wildman–Crippen MR) is 70.7 cm³/mol. The van der Waals surface area contributed by atoms with Crippen LogP contribution in [-0.2, 0) is 11.3 Å². The zero-order valence-corrected chi connectivity index (χ0v) is 11.3. The monoisotopic (exact) mass is 264 g/mol. The molecule has 0 amide bonds. The minimum Gasteiger partial charge on any atom is -0.481 e. The molecule has 0 saturated heterocycles. The molecule has 1 aliphatic rings. The minimum absolute atomic E-state index is 0.0462. The molecular weight excluding hydrogens is 244 g/mol. The van der Waals surface area contributed by atoms with Gasteiger partial charge in [-0.3, -0.25) is 4.79 Å². The highest BCUT2D eigenvalue weighted by molar-refractivity contribution is 5.71. The van der Waals surface area contributed by atoms with Crippen LogP contribution in [0.15, 0.2) is 22.7 Å². The van der Waals surface area contributed by atoms with Gasteiger partial charge in [0.1, 0.15) is 0 Å². The number of allylic oxidation sites excluding steroid dienone is 1. The molecule has 2 rings (SSSR count). The summed E-state index contributed by atoms with van der Waals surface area (Å²) in [7, 11) is 0. The molecule has 1 aromatic rings. The maximum atomic E-state index is 11.2. The Balaban J connectivity index is 1.93. The van der Waals surface area contributed by atoms with Crippen molar-refractivity contribution < 1.29 is 14.4 Å². The molecule has 1 aromatic heterocycles. The summed E-state index contributed by atoms with van der Waals surface area (Å²) in [5.74, 6) is -0.0240. The van der Waals surface area contributed by atoms with Gasteiger partial charge in [-0.15, -0.1) is 0 Å². The van der Waals surface area contributed by atoms with Crippen molar-refractivity contribution in [3.63, 3.8) is 0 Å². The molecule has 0 fully saturated rings. The van der Waals surface area contributed by atoms with Crippen LogP contribution >= 0.6 is 0 Å². The van der Waals surface area contributed by atoms with Crippen LogP contribution < -0.4 is 5.32 Å². The summed E-state index contributed by atoms with van der Waals surface area (Å²) in [5.41, 5.74) is 0.926. The van der Waals surface area contributed by atoms with Gasteiger partial charge in [-0.1, -0.05) is 31.2 Å². The fraction of sp³-hybridized carbons (Fsp3) is 0.571. The SMILES string of the molecule is CC(C)c1cc(CN[C@@H]2CC=CC[C@@H]2C(=O)O)on1. The number of nitrogens with one attached hydrogen (secondary N) is 1. The first-order chi connectivity index (χ1) is 9.08. The Bertz CT molecular complexity index is 465. The van der Waals surface area contributed by atoms with E-state index in [1.54, 1.807) is 0 Å². The van der Waals surface area contributed by atoms with Gasteiger partial charge < -0.3 is 14.9 Å². The number of aliphatic carboxylic acids is 1. The van der Waals surface area contributed by atoms with E-state index in [-0.39, 0.29) is 12.0 Å². The first kappa shape index (κ1) is 13.8. The Hall–Kier alpha value is -1.62. The summed E-state index contributed by atoms with van der Waals surface area (Å²) in [6, 6.07) is 1.88. The van der Waals surface area contributed by atoms with E-state index >= 15 is 0 Å². The van der Waals surface area contributed by atoms with Crippen LogP contribution in [0.5, 0.6) is 0 Å². The molecule has 0 radical (unpaired) electrons. The van der Waals surface area contributed by atoms with E-state index in [2.05, 4.69) is 24.3 Å². The smallest absolute Gasteiger partial charge is 0.308 e. The van der Waals surface area contributed by atoms with Gasteiger partial charge in [0.2, 0.25) is 0 Å². The van der Waals surface area contributed by atoms with E-state index in [1.807, 2.05) is 18.2 Å². The average molecular weight is 264 g/mol. The summed E-state index contributed by atoms with van der Waals surface area (Å²) in [6.45, 7) is 4.63. The second-order valence-electron chi connectivity index (χ2n) is 5.25. The van der Waals surface area contributed by atoms with E-state index in [4.69, 9.17) is 4.52 Å². The third-order valence-electron chi connectivity index (χ3n) is 3.46. The number of carbonyl (C=O) groups is 1. The Morgan fingerprint density at radius 3 is 2.89 bits per heavy atom. The highest BCUT2D eigenvalue weighted by Gasteiger charge is 2.28. The molecule has 0 aromatic carbocycles. The van der Waals surface area contributed by atoms with Crippen molar-refractivity contribution in [1.29, 1.82) is 0 Å². The van der Waals surface area contributed by atoms with Crippen LogP contribution in [0, 0.1) is 5.92 Å².